The summed E-state index contributed by atoms with van der Waals surface area (Å²) in [6.45, 7) is 0.817. The number of hydrogen-bond donors (Lipinski definition) is 0. The molecule has 1 aliphatic carbocycles. The molecule has 130 valence electrons. The maximum Gasteiger partial charge on any atom is 0.256 e. The van der Waals surface area contributed by atoms with Crippen LogP contribution in [0.3, 0.4) is 0 Å². The molecule has 1 aromatic heterocycles. The van der Waals surface area contributed by atoms with Gasteiger partial charge in [0.2, 0.25) is 5.91 Å². The Morgan fingerprint density at radius 3 is 2.80 bits per heavy atom. The van der Waals surface area contributed by atoms with Crippen molar-refractivity contribution in [3.8, 4) is 0 Å². The van der Waals surface area contributed by atoms with E-state index < -0.39 is 0 Å². The minimum Gasteiger partial charge on any atom is -0.345 e. The van der Waals surface area contributed by atoms with Crippen LogP contribution >= 0.6 is 0 Å². The van der Waals surface area contributed by atoms with Crippen molar-refractivity contribution in [2.75, 3.05) is 20.6 Å². The van der Waals surface area contributed by atoms with E-state index in [1.54, 1.807) is 6.20 Å². The molecule has 4 rings (SSSR count). The predicted molar refractivity (Wildman–Crippen MR) is 96.1 cm³/mol. The second kappa shape index (κ2) is 6.14. The molecule has 1 saturated heterocycles. The molecule has 0 spiro atoms. The molecule has 5 nitrogen and oxygen atoms in total. The molecule has 2 amide bonds. The van der Waals surface area contributed by atoms with Gasteiger partial charge in [0.25, 0.3) is 5.91 Å². The van der Waals surface area contributed by atoms with Crippen LogP contribution in [0.4, 0.5) is 0 Å². The number of carbonyl (C=O) groups excluding carboxylic acids is 2. The minimum atomic E-state index is 0.0210. The molecule has 0 unspecified atom stereocenters. The number of piperidine rings is 1. The van der Waals surface area contributed by atoms with Crippen LogP contribution in [-0.4, -0.2) is 53.3 Å². The Morgan fingerprint density at radius 1 is 1.20 bits per heavy atom. The zero-order chi connectivity index (χ0) is 17.6. The summed E-state index contributed by atoms with van der Waals surface area (Å²) in [6.07, 6.45) is 4.24. The largest absolute Gasteiger partial charge is 0.345 e. The molecule has 2 heterocycles. The van der Waals surface area contributed by atoms with Gasteiger partial charge in [-0.25, -0.2) is 0 Å². The van der Waals surface area contributed by atoms with Crippen LogP contribution in [0.2, 0.25) is 0 Å². The van der Waals surface area contributed by atoms with Gasteiger partial charge in [0.05, 0.1) is 11.1 Å². The van der Waals surface area contributed by atoms with E-state index in [2.05, 4.69) is 4.98 Å². The third-order valence-corrected chi connectivity index (χ3v) is 5.92. The molecule has 2 aromatic rings. The number of pyridine rings is 1. The van der Waals surface area contributed by atoms with Gasteiger partial charge in [0.1, 0.15) is 0 Å². The lowest BCUT2D eigenvalue weighted by Crippen LogP contribution is -2.39. The summed E-state index contributed by atoms with van der Waals surface area (Å²) in [7, 11) is 3.76. The Morgan fingerprint density at radius 2 is 1.96 bits per heavy atom. The van der Waals surface area contributed by atoms with Gasteiger partial charge in [-0.15, -0.1) is 0 Å². The van der Waals surface area contributed by atoms with Gasteiger partial charge < -0.3 is 9.80 Å². The average Bonchev–Trinajstić information content (AvgIpc) is 3.03. The molecule has 0 radical (unpaired) electrons. The van der Waals surface area contributed by atoms with Gasteiger partial charge in [-0.2, -0.15) is 0 Å². The first-order valence-corrected chi connectivity index (χ1v) is 8.89. The summed E-state index contributed by atoms with van der Waals surface area (Å²) in [5, 5.41) is 0.981. The van der Waals surface area contributed by atoms with E-state index in [-0.39, 0.29) is 17.9 Å². The van der Waals surface area contributed by atoms with Crippen LogP contribution < -0.4 is 0 Å². The van der Waals surface area contributed by atoms with E-state index in [0.717, 1.165) is 30.3 Å². The highest BCUT2D eigenvalue weighted by molar-refractivity contribution is 6.05. The zero-order valence-electron chi connectivity index (χ0n) is 14.7. The molecular weight excluding hydrogens is 314 g/mol. The molecule has 5 heteroatoms. The highest BCUT2D eigenvalue weighted by Crippen LogP contribution is 2.40. The van der Waals surface area contributed by atoms with Gasteiger partial charge in [0, 0.05) is 44.7 Å². The Kier molecular flexibility index (Phi) is 3.94. The Hall–Kier alpha value is -2.43. The fourth-order valence-corrected chi connectivity index (χ4v) is 4.44. The molecule has 0 bridgehead atoms. The first kappa shape index (κ1) is 16.1. The van der Waals surface area contributed by atoms with Crippen molar-refractivity contribution in [3.63, 3.8) is 0 Å². The van der Waals surface area contributed by atoms with Crippen LogP contribution in [0.25, 0.3) is 10.9 Å². The summed E-state index contributed by atoms with van der Waals surface area (Å²) in [5.74, 6) is 1.17. The van der Waals surface area contributed by atoms with E-state index in [0.29, 0.717) is 23.8 Å². The van der Waals surface area contributed by atoms with Gasteiger partial charge in [-0.1, -0.05) is 18.2 Å². The van der Waals surface area contributed by atoms with Crippen molar-refractivity contribution in [1.82, 2.24) is 14.8 Å². The van der Waals surface area contributed by atoms with Crippen molar-refractivity contribution in [2.24, 2.45) is 11.8 Å². The lowest BCUT2D eigenvalue weighted by atomic mass is 9.88. The maximum atomic E-state index is 13.1. The van der Waals surface area contributed by atoms with Crippen LogP contribution in [0, 0.1) is 11.8 Å². The first-order valence-electron chi connectivity index (χ1n) is 8.89. The molecule has 1 saturated carbocycles. The van der Waals surface area contributed by atoms with Crippen molar-refractivity contribution in [1.29, 1.82) is 0 Å². The summed E-state index contributed by atoms with van der Waals surface area (Å²) in [4.78, 5) is 33.1. The fourth-order valence-electron chi connectivity index (χ4n) is 4.44. The van der Waals surface area contributed by atoms with E-state index in [4.69, 9.17) is 0 Å². The lowest BCUT2D eigenvalue weighted by Gasteiger charge is -2.31. The third kappa shape index (κ3) is 2.77. The SMILES string of the molecule is CN1C[C@@H]2C[C@H](N(C)C(=O)c3cccc4cccnc34)C[C@@H]2CC1=O. The molecule has 2 aliphatic rings. The lowest BCUT2D eigenvalue weighted by molar-refractivity contribution is -0.134. The van der Waals surface area contributed by atoms with Gasteiger partial charge in [0.15, 0.2) is 0 Å². The Bertz CT molecular complexity index is 829. The van der Waals surface area contributed by atoms with E-state index in [9.17, 15) is 9.59 Å². The third-order valence-electron chi connectivity index (χ3n) is 5.92. The number of carbonyl (C=O) groups is 2. The van der Waals surface area contributed by atoms with Crippen molar-refractivity contribution < 1.29 is 9.59 Å². The van der Waals surface area contributed by atoms with Crippen molar-refractivity contribution in [3.05, 3.63) is 42.1 Å². The van der Waals surface area contributed by atoms with Gasteiger partial charge >= 0.3 is 0 Å². The number of benzene rings is 1. The highest BCUT2D eigenvalue weighted by atomic mass is 16.2. The fraction of sp³-hybridized carbons (Fsp3) is 0.450. The van der Waals surface area contributed by atoms with Crippen LogP contribution in [-0.2, 0) is 4.79 Å². The minimum absolute atomic E-state index is 0.0210. The number of aromatic nitrogens is 1. The summed E-state index contributed by atoms with van der Waals surface area (Å²) in [6, 6.07) is 9.80. The summed E-state index contributed by atoms with van der Waals surface area (Å²) >= 11 is 0. The number of amides is 2. The van der Waals surface area contributed by atoms with Crippen molar-refractivity contribution in [2.45, 2.75) is 25.3 Å². The second-order valence-electron chi connectivity index (χ2n) is 7.42. The highest BCUT2D eigenvalue weighted by Gasteiger charge is 2.42. The maximum absolute atomic E-state index is 13.1. The molecule has 25 heavy (non-hydrogen) atoms. The van der Waals surface area contributed by atoms with E-state index in [1.165, 1.54) is 0 Å². The van der Waals surface area contributed by atoms with Gasteiger partial charge in [-0.05, 0) is 36.8 Å². The van der Waals surface area contributed by atoms with E-state index >= 15 is 0 Å². The Labute approximate surface area is 147 Å². The number of fused-ring (bicyclic) bond motifs is 2. The first-order chi connectivity index (χ1) is 12.0. The zero-order valence-corrected chi connectivity index (χ0v) is 14.7. The second-order valence-corrected chi connectivity index (χ2v) is 7.42. The number of likely N-dealkylation sites (tertiary alicyclic amines) is 1. The normalized spacial score (nSPS) is 25.9. The molecule has 3 atom stereocenters. The average molecular weight is 337 g/mol. The molecule has 1 aliphatic heterocycles. The number of nitrogens with zero attached hydrogens (tertiary/aromatic N) is 3. The number of para-hydroxylation sites is 1. The Balaban J connectivity index is 1.56. The van der Waals surface area contributed by atoms with Gasteiger partial charge in [-0.3, -0.25) is 14.6 Å². The molecule has 0 N–H and O–H groups in total. The standard InChI is InChI=1S/C20H23N3O2/c1-22-12-15-10-16(9-14(15)11-18(22)24)23(2)20(25)17-7-3-5-13-6-4-8-21-19(13)17/h3-8,14-16H,9-12H2,1-2H3/t14-,15+,16-/m1/s1. The predicted octanol–water partition coefficient (Wildman–Crippen LogP) is 2.56. The van der Waals surface area contributed by atoms with E-state index in [1.807, 2.05) is 54.2 Å². The number of hydrogen-bond acceptors (Lipinski definition) is 3. The van der Waals surface area contributed by atoms with Crippen LogP contribution in [0.1, 0.15) is 29.6 Å². The topological polar surface area (TPSA) is 53.5 Å². The molecular formula is C20H23N3O2. The molecule has 1 aromatic carbocycles. The summed E-state index contributed by atoms with van der Waals surface area (Å²) in [5.41, 5.74) is 1.41. The smallest absolute Gasteiger partial charge is 0.256 e. The summed E-state index contributed by atoms with van der Waals surface area (Å²) < 4.78 is 0. The van der Waals surface area contributed by atoms with Crippen LogP contribution in [0.15, 0.2) is 36.5 Å². The monoisotopic (exact) mass is 337 g/mol. The molecule has 2 fully saturated rings. The van der Waals surface area contributed by atoms with Crippen molar-refractivity contribution >= 4 is 22.7 Å². The quantitative estimate of drug-likeness (QED) is 0.846. The van der Waals surface area contributed by atoms with Crippen LogP contribution in [0.5, 0.6) is 0 Å². The number of rotatable bonds is 2.